The number of hydrogen-bond acceptors (Lipinski definition) is 4. The molecule has 5 rings (SSSR count). The summed E-state index contributed by atoms with van der Waals surface area (Å²) in [4.78, 5) is 13.1. The molecule has 172 valence electrons. The average Bonchev–Trinajstić information content (AvgIpc) is 3.14. The van der Waals surface area contributed by atoms with Gasteiger partial charge in [0.25, 0.3) is 0 Å². The molecule has 0 amide bonds. The van der Waals surface area contributed by atoms with Crippen molar-refractivity contribution in [2.45, 2.75) is 19.9 Å². The van der Waals surface area contributed by atoms with Crippen LogP contribution in [0.25, 0.3) is 32.4 Å². The predicted octanol–water partition coefficient (Wildman–Crippen LogP) is 6.01. The van der Waals surface area contributed by atoms with Gasteiger partial charge in [0.1, 0.15) is 12.4 Å². The standard InChI is InChI=1S/C29H27NO4/c1-19-27(29(32)34-17-16-33-2)25-18-26(31)23-12-5-6-13-24(23)28(25)30(19)15-14-21-10-7-9-20-8-3-4-11-22(20)21/h3-13,18,31H,14-17H2,1-2H3. The molecule has 0 aliphatic rings. The van der Waals surface area contributed by atoms with Crippen LogP contribution < -0.4 is 0 Å². The monoisotopic (exact) mass is 453 g/mol. The molecule has 0 unspecified atom stereocenters. The van der Waals surface area contributed by atoms with Crippen molar-refractivity contribution in [1.82, 2.24) is 4.57 Å². The fourth-order valence-corrected chi connectivity index (χ4v) is 4.89. The number of phenols is 1. The van der Waals surface area contributed by atoms with E-state index < -0.39 is 5.97 Å². The summed E-state index contributed by atoms with van der Waals surface area (Å²) in [5, 5.41) is 15.6. The van der Waals surface area contributed by atoms with E-state index in [0.717, 1.165) is 28.4 Å². The summed E-state index contributed by atoms with van der Waals surface area (Å²) in [6.45, 7) is 3.15. The lowest BCUT2D eigenvalue weighted by Gasteiger charge is -2.12. The van der Waals surface area contributed by atoms with E-state index in [1.165, 1.54) is 16.3 Å². The number of phenolic OH excluding ortho intramolecular Hbond substituents is 1. The molecule has 1 aromatic heterocycles. The molecule has 0 atom stereocenters. The minimum Gasteiger partial charge on any atom is -0.507 e. The van der Waals surface area contributed by atoms with Gasteiger partial charge in [0.05, 0.1) is 17.7 Å². The number of esters is 1. The number of benzene rings is 4. The van der Waals surface area contributed by atoms with E-state index in [1.54, 1.807) is 13.2 Å². The second-order valence-corrected chi connectivity index (χ2v) is 8.47. The first-order valence-corrected chi connectivity index (χ1v) is 11.5. The fourth-order valence-electron chi connectivity index (χ4n) is 4.89. The molecule has 0 saturated carbocycles. The van der Waals surface area contributed by atoms with Gasteiger partial charge in [-0.05, 0) is 35.7 Å². The third-order valence-electron chi connectivity index (χ3n) is 6.51. The lowest BCUT2D eigenvalue weighted by Crippen LogP contribution is -2.12. The van der Waals surface area contributed by atoms with Crippen LogP contribution in [0.4, 0.5) is 0 Å². The zero-order valence-corrected chi connectivity index (χ0v) is 19.4. The van der Waals surface area contributed by atoms with Gasteiger partial charge in [0.15, 0.2) is 0 Å². The first-order valence-electron chi connectivity index (χ1n) is 11.5. The molecule has 4 aromatic carbocycles. The van der Waals surface area contributed by atoms with Crippen LogP contribution in [0.1, 0.15) is 21.6 Å². The third kappa shape index (κ3) is 3.78. The van der Waals surface area contributed by atoms with Crippen molar-refractivity contribution in [2.24, 2.45) is 0 Å². The van der Waals surface area contributed by atoms with Crippen LogP contribution in [-0.2, 0) is 22.4 Å². The van der Waals surface area contributed by atoms with E-state index in [-0.39, 0.29) is 12.4 Å². The molecule has 5 heteroatoms. The number of methoxy groups -OCH3 is 1. The molecular formula is C29H27NO4. The van der Waals surface area contributed by atoms with Crippen molar-refractivity contribution in [3.8, 4) is 5.75 Å². The van der Waals surface area contributed by atoms with Gasteiger partial charge >= 0.3 is 5.97 Å². The number of hydrogen-bond donors (Lipinski definition) is 1. The number of aryl methyl sites for hydroxylation is 2. The van der Waals surface area contributed by atoms with Crippen LogP contribution in [0.3, 0.4) is 0 Å². The van der Waals surface area contributed by atoms with E-state index in [4.69, 9.17) is 9.47 Å². The average molecular weight is 454 g/mol. The SMILES string of the molecule is COCCOC(=O)c1c(C)n(CCc2cccc3ccccc23)c2c1cc(O)c1ccccc12. The zero-order valence-electron chi connectivity index (χ0n) is 19.4. The van der Waals surface area contributed by atoms with Gasteiger partial charge in [-0.1, -0.05) is 66.7 Å². The van der Waals surface area contributed by atoms with E-state index in [2.05, 4.69) is 47.0 Å². The van der Waals surface area contributed by atoms with Crippen LogP contribution in [-0.4, -0.2) is 36.0 Å². The molecular weight excluding hydrogens is 426 g/mol. The highest BCUT2D eigenvalue weighted by molar-refractivity contribution is 6.16. The molecule has 0 saturated heterocycles. The smallest absolute Gasteiger partial charge is 0.340 e. The zero-order chi connectivity index (χ0) is 23.7. The highest BCUT2D eigenvalue weighted by Gasteiger charge is 2.24. The minimum atomic E-state index is -0.404. The summed E-state index contributed by atoms with van der Waals surface area (Å²) in [7, 11) is 1.57. The second kappa shape index (κ2) is 9.20. The highest BCUT2D eigenvalue weighted by atomic mass is 16.6. The predicted molar refractivity (Wildman–Crippen MR) is 136 cm³/mol. The normalized spacial score (nSPS) is 11.5. The van der Waals surface area contributed by atoms with Gasteiger partial charge in [-0.2, -0.15) is 0 Å². The molecule has 5 nitrogen and oxygen atoms in total. The lowest BCUT2D eigenvalue weighted by atomic mass is 10.0. The van der Waals surface area contributed by atoms with Gasteiger partial charge in [0, 0.05) is 35.5 Å². The molecule has 0 radical (unpaired) electrons. The van der Waals surface area contributed by atoms with Crippen LogP contribution in [0.2, 0.25) is 0 Å². The molecule has 1 N–H and O–H groups in total. The van der Waals surface area contributed by atoms with Crippen LogP contribution in [0, 0.1) is 6.92 Å². The lowest BCUT2D eigenvalue weighted by molar-refractivity contribution is 0.0389. The molecule has 1 heterocycles. The Morgan fingerprint density at radius 2 is 1.59 bits per heavy atom. The van der Waals surface area contributed by atoms with Crippen molar-refractivity contribution in [2.75, 3.05) is 20.3 Å². The van der Waals surface area contributed by atoms with Crippen molar-refractivity contribution in [3.05, 3.63) is 89.6 Å². The van der Waals surface area contributed by atoms with Crippen molar-refractivity contribution >= 4 is 38.4 Å². The summed E-state index contributed by atoms with van der Waals surface area (Å²) >= 11 is 0. The van der Waals surface area contributed by atoms with Gasteiger partial charge < -0.3 is 19.1 Å². The second-order valence-electron chi connectivity index (χ2n) is 8.47. The Morgan fingerprint density at radius 3 is 2.38 bits per heavy atom. The number of aromatic nitrogens is 1. The maximum atomic E-state index is 13.1. The Labute approximate surface area is 198 Å². The Balaban J connectivity index is 1.65. The maximum Gasteiger partial charge on any atom is 0.340 e. The quantitative estimate of drug-likeness (QED) is 0.242. The van der Waals surface area contributed by atoms with Gasteiger partial charge in [-0.3, -0.25) is 0 Å². The first kappa shape index (κ1) is 22.0. The Bertz CT molecular complexity index is 1510. The number of nitrogens with zero attached hydrogens (tertiary/aromatic N) is 1. The largest absolute Gasteiger partial charge is 0.507 e. The number of ether oxygens (including phenoxy) is 2. The molecule has 0 bridgehead atoms. The van der Waals surface area contributed by atoms with Crippen LogP contribution in [0.15, 0.2) is 72.8 Å². The van der Waals surface area contributed by atoms with E-state index >= 15 is 0 Å². The van der Waals surface area contributed by atoms with Gasteiger partial charge in [-0.15, -0.1) is 0 Å². The summed E-state index contributed by atoms with van der Waals surface area (Å²) in [6, 6.07) is 24.2. The van der Waals surface area contributed by atoms with Crippen LogP contribution in [0.5, 0.6) is 5.75 Å². The molecule has 0 spiro atoms. The van der Waals surface area contributed by atoms with Gasteiger partial charge in [-0.25, -0.2) is 4.79 Å². The van der Waals surface area contributed by atoms with Crippen molar-refractivity contribution in [1.29, 1.82) is 0 Å². The van der Waals surface area contributed by atoms with Crippen molar-refractivity contribution in [3.63, 3.8) is 0 Å². The Kier molecular flexibility index (Phi) is 5.95. The summed E-state index contributed by atoms with van der Waals surface area (Å²) < 4.78 is 12.7. The Morgan fingerprint density at radius 1 is 0.882 bits per heavy atom. The molecule has 34 heavy (non-hydrogen) atoms. The molecule has 0 aliphatic carbocycles. The highest BCUT2D eigenvalue weighted by Crippen LogP contribution is 2.38. The van der Waals surface area contributed by atoms with E-state index in [0.29, 0.717) is 24.1 Å². The summed E-state index contributed by atoms with van der Waals surface area (Å²) in [6.07, 6.45) is 0.805. The number of rotatable bonds is 7. The number of carbonyl (C=O) groups is 1. The van der Waals surface area contributed by atoms with Crippen LogP contribution >= 0.6 is 0 Å². The van der Waals surface area contributed by atoms with Crippen molar-refractivity contribution < 1.29 is 19.4 Å². The van der Waals surface area contributed by atoms with E-state index in [1.807, 2.05) is 31.2 Å². The summed E-state index contributed by atoms with van der Waals surface area (Å²) in [5.74, 6) is -0.251. The molecule has 0 fully saturated rings. The summed E-state index contributed by atoms with van der Waals surface area (Å²) in [5.41, 5.74) is 3.51. The van der Waals surface area contributed by atoms with E-state index in [9.17, 15) is 9.90 Å². The topological polar surface area (TPSA) is 60.7 Å². The first-order chi connectivity index (χ1) is 16.6. The fraction of sp³-hybridized carbons (Fsp3) is 0.207. The number of carbonyl (C=O) groups excluding carboxylic acids is 1. The number of aromatic hydroxyl groups is 1. The van der Waals surface area contributed by atoms with Gasteiger partial charge in [0.2, 0.25) is 0 Å². The third-order valence-corrected chi connectivity index (χ3v) is 6.51. The maximum absolute atomic E-state index is 13.1. The Hall–Kier alpha value is -3.83. The molecule has 5 aromatic rings. The number of fused-ring (bicyclic) bond motifs is 4. The minimum absolute atomic E-state index is 0.153. The molecule has 0 aliphatic heterocycles.